The average Bonchev–Trinajstić information content (AvgIpc) is 2.76. The summed E-state index contributed by atoms with van der Waals surface area (Å²) in [6.45, 7) is 4.07. The van der Waals surface area contributed by atoms with Crippen molar-refractivity contribution in [2.75, 3.05) is 6.61 Å². The molecule has 188 valence electrons. The van der Waals surface area contributed by atoms with Crippen molar-refractivity contribution in [3.63, 3.8) is 0 Å². The zero-order chi connectivity index (χ0) is 24.3. The van der Waals surface area contributed by atoms with Crippen LogP contribution in [0.4, 0.5) is 8.78 Å². The van der Waals surface area contributed by atoms with Gasteiger partial charge in [-0.25, -0.2) is 8.78 Å². The fraction of sp³-hybridized carbons (Fsp3) is 0.704. The summed E-state index contributed by atoms with van der Waals surface area (Å²) in [5, 5.41) is 0. The lowest BCUT2D eigenvalue weighted by Gasteiger charge is -2.15. The van der Waals surface area contributed by atoms with E-state index in [-0.39, 0.29) is 30.8 Å². The molecule has 0 heterocycles. The van der Waals surface area contributed by atoms with Crippen LogP contribution >= 0.6 is 0 Å². The zero-order valence-electron chi connectivity index (χ0n) is 20.5. The van der Waals surface area contributed by atoms with E-state index in [1.165, 1.54) is 77.2 Å². The molecular weight excluding hydrogens is 426 g/mol. The lowest BCUT2D eigenvalue weighted by atomic mass is 10.1. The largest absolute Gasteiger partial charge is 0.466 e. The Morgan fingerprint density at radius 2 is 1.24 bits per heavy atom. The van der Waals surface area contributed by atoms with Gasteiger partial charge in [-0.05, 0) is 31.9 Å². The molecule has 6 heteroatoms. The van der Waals surface area contributed by atoms with Gasteiger partial charge in [-0.2, -0.15) is 0 Å². The van der Waals surface area contributed by atoms with Crippen LogP contribution < -0.4 is 0 Å². The second-order valence-electron chi connectivity index (χ2n) is 8.73. The van der Waals surface area contributed by atoms with Crippen LogP contribution in [0.5, 0.6) is 0 Å². The number of carbonyl (C=O) groups excluding carboxylic acids is 2. The molecule has 0 spiro atoms. The van der Waals surface area contributed by atoms with Crippen LogP contribution in [0.2, 0.25) is 0 Å². The van der Waals surface area contributed by atoms with E-state index < -0.39 is 23.7 Å². The van der Waals surface area contributed by atoms with Gasteiger partial charge in [0.2, 0.25) is 0 Å². The number of hydrogen-bond acceptors (Lipinski definition) is 4. The summed E-state index contributed by atoms with van der Waals surface area (Å²) >= 11 is 0. The summed E-state index contributed by atoms with van der Waals surface area (Å²) in [6, 6.07) is 3.50. The van der Waals surface area contributed by atoms with Crippen LogP contribution in [0.15, 0.2) is 18.2 Å². The van der Waals surface area contributed by atoms with Crippen LogP contribution in [-0.2, 0) is 19.1 Å². The molecule has 0 aliphatic rings. The average molecular weight is 469 g/mol. The van der Waals surface area contributed by atoms with E-state index in [9.17, 15) is 18.4 Å². The molecule has 1 atom stereocenters. The fourth-order valence-corrected chi connectivity index (χ4v) is 3.79. The lowest BCUT2D eigenvalue weighted by molar-refractivity contribution is -0.149. The van der Waals surface area contributed by atoms with Crippen molar-refractivity contribution in [2.24, 2.45) is 0 Å². The molecule has 1 unspecified atom stereocenters. The standard InChI is InChI=1S/C27H42F2O4/c1-3-4-5-6-7-8-9-10-11-12-13-14-21-32-25(30)19-16-20-26(31)33-22(2)27-23(28)17-15-18-24(27)29/h15,17-18,22H,3-14,16,19-21H2,1-2H3. The summed E-state index contributed by atoms with van der Waals surface area (Å²) in [4.78, 5) is 23.7. The van der Waals surface area contributed by atoms with Gasteiger partial charge in [-0.15, -0.1) is 0 Å². The summed E-state index contributed by atoms with van der Waals surface area (Å²) in [6.07, 6.45) is 14.4. The normalized spacial score (nSPS) is 11.9. The quantitative estimate of drug-likeness (QED) is 0.152. The van der Waals surface area contributed by atoms with Gasteiger partial charge in [0.15, 0.2) is 0 Å². The van der Waals surface area contributed by atoms with Crippen LogP contribution in [0.3, 0.4) is 0 Å². The van der Waals surface area contributed by atoms with Gasteiger partial charge < -0.3 is 9.47 Å². The number of benzene rings is 1. The maximum atomic E-state index is 13.7. The lowest BCUT2D eigenvalue weighted by Crippen LogP contribution is -2.12. The first-order valence-electron chi connectivity index (χ1n) is 12.7. The highest BCUT2D eigenvalue weighted by molar-refractivity contribution is 5.72. The van der Waals surface area contributed by atoms with Crippen LogP contribution in [0.1, 0.15) is 122 Å². The van der Waals surface area contributed by atoms with Crippen molar-refractivity contribution in [3.05, 3.63) is 35.4 Å². The first-order valence-corrected chi connectivity index (χ1v) is 12.7. The van der Waals surface area contributed by atoms with Crippen LogP contribution in [0, 0.1) is 11.6 Å². The molecule has 0 radical (unpaired) electrons. The highest BCUT2D eigenvalue weighted by atomic mass is 19.1. The third kappa shape index (κ3) is 14.0. The van der Waals surface area contributed by atoms with E-state index in [4.69, 9.17) is 9.47 Å². The molecule has 1 aromatic carbocycles. The molecule has 0 N–H and O–H groups in total. The fourth-order valence-electron chi connectivity index (χ4n) is 3.79. The van der Waals surface area contributed by atoms with Crippen molar-refractivity contribution in [3.8, 4) is 0 Å². The van der Waals surface area contributed by atoms with Gasteiger partial charge in [0.1, 0.15) is 17.7 Å². The van der Waals surface area contributed by atoms with Gasteiger partial charge in [0.25, 0.3) is 0 Å². The number of ether oxygens (including phenoxy) is 2. The van der Waals surface area contributed by atoms with E-state index in [0.29, 0.717) is 6.61 Å². The Bertz CT molecular complexity index is 658. The smallest absolute Gasteiger partial charge is 0.306 e. The Morgan fingerprint density at radius 3 is 1.79 bits per heavy atom. The second kappa shape index (κ2) is 18.4. The molecule has 0 fully saturated rings. The first-order chi connectivity index (χ1) is 16.0. The number of carbonyl (C=O) groups is 2. The number of rotatable bonds is 19. The molecule has 1 rings (SSSR count). The molecule has 0 aromatic heterocycles. The highest BCUT2D eigenvalue weighted by Gasteiger charge is 2.19. The summed E-state index contributed by atoms with van der Waals surface area (Å²) in [5.74, 6) is -2.44. The Balaban J connectivity index is 1.98. The molecule has 0 bridgehead atoms. The molecule has 0 amide bonds. The number of hydrogen-bond donors (Lipinski definition) is 0. The topological polar surface area (TPSA) is 52.6 Å². The van der Waals surface area contributed by atoms with Crippen LogP contribution in [-0.4, -0.2) is 18.5 Å². The highest BCUT2D eigenvalue weighted by Crippen LogP contribution is 2.24. The number of esters is 2. The Hall–Kier alpha value is -1.98. The SMILES string of the molecule is CCCCCCCCCCCCCCOC(=O)CCCC(=O)OC(C)c1c(F)cccc1F. The van der Waals surface area contributed by atoms with Crippen molar-refractivity contribution in [2.45, 2.75) is 116 Å². The van der Waals surface area contributed by atoms with Gasteiger partial charge in [0, 0.05) is 12.8 Å². The van der Waals surface area contributed by atoms with Crippen molar-refractivity contribution in [1.82, 2.24) is 0 Å². The molecule has 0 aliphatic heterocycles. The number of halogens is 2. The Labute approximate surface area is 198 Å². The van der Waals surface area contributed by atoms with Crippen LogP contribution in [0.25, 0.3) is 0 Å². The summed E-state index contributed by atoms with van der Waals surface area (Å²) < 4.78 is 37.8. The van der Waals surface area contributed by atoms with Crippen molar-refractivity contribution < 1.29 is 27.8 Å². The minimum atomic E-state index is -1.03. The summed E-state index contributed by atoms with van der Waals surface area (Å²) in [5.41, 5.74) is -0.271. The third-order valence-electron chi connectivity index (χ3n) is 5.74. The van der Waals surface area contributed by atoms with Crippen molar-refractivity contribution >= 4 is 11.9 Å². The first kappa shape index (κ1) is 29.1. The third-order valence-corrected chi connectivity index (χ3v) is 5.74. The Morgan fingerprint density at radius 1 is 0.758 bits per heavy atom. The molecular formula is C27H42F2O4. The Kier molecular flexibility index (Phi) is 16.2. The van der Waals surface area contributed by atoms with E-state index in [0.717, 1.165) is 25.0 Å². The molecule has 1 aromatic rings. The van der Waals surface area contributed by atoms with Gasteiger partial charge in [-0.1, -0.05) is 83.6 Å². The van der Waals surface area contributed by atoms with E-state index in [2.05, 4.69) is 6.92 Å². The molecule has 0 aliphatic carbocycles. The van der Waals surface area contributed by atoms with E-state index >= 15 is 0 Å². The van der Waals surface area contributed by atoms with E-state index in [1.54, 1.807) is 0 Å². The number of unbranched alkanes of at least 4 members (excludes halogenated alkanes) is 11. The minimum Gasteiger partial charge on any atom is -0.466 e. The maximum absolute atomic E-state index is 13.7. The molecule has 4 nitrogen and oxygen atoms in total. The molecule has 0 saturated heterocycles. The van der Waals surface area contributed by atoms with Gasteiger partial charge >= 0.3 is 11.9 Å². The summed E-state index contributed by atoms with van der Waals surface area (Å²) in [7, 11) is 0. The van der Waals surface area contributed by atoms with Gasteiger partial charge in [0.05, 0.1) is 12.2 Å². The molecule has 33 heavy (non-hydrogen) atoms. The van der Waals surface area contributed by atoms with Crippen molar-refractivity contribution in [1.29, 1.82) is 0 Å². The zero-order valence-corrected chi connectivity index (χ0v) is 20.5. The predicted octanol–water partition coefficient (Wildman–Crippen LogP) is 7.98. The maximum Gasteiger partial charge on any atom is 0.306 e. The minimum absolute atomic E-state index is 0.00584. The predicted molar refractivity (Wildman–Crippen MR) is 127 cm³/mol. The monoisotopic (exact) mass is 468 g/mol. The van der Waals surface area contributed by atoms with Gasteiger partial charge in [-0.3, -0.25) is 9.59 Å². The molecule has 0 saturated carbocycles. The van der Waals surface area contributed by atoms with E-state index in [1.807, 2.05) is 0 Å². The second-order valence-corrected chi connectivity index (χ2v) is 8.73.